The van der Waals surface area contributed by atoms with Gasteiger partial charge in [-0.25, -0.2) is 9.97 Å². The standard InChI is InChI=1S/C10H11N5O/c11-5-10(16)14-8-1-2-9(13-6-8)15-4-3-12-7-15/h1-4,6-7H,5,11H2,(H,14,16). The number of carbonyl (C=O) groups excluding carboxylic acids is 1. The van der Waals surface area contributed by atoms with E-state index in [9.17, 15) is 4.79 Å². The van der Waals surface area contributed by atoms with Gasteiger partial charge in [0.1, 0.15) is 12.1 Å². The number of nitrogens with two attached hydrogens (primary N) is 1. The second-order valence-electron chi connectivity index (χ2n) is 3.13. The molecule has 1 amide bonds. The maximum Gasteiger partial charge on any atom is 0.238 e. The van der Waals surface area contributed by atoms with Gasteiger partial charge in [-0.3, -0.25) is 9.36 Å². The van der Waals surface area contributed by atoms with Gasteiger partial charge in [-0.05, 0) is 12.1 Å². The fourth-order valence-electron chi connectivity index (χ4n) is 1.22. The molecule has 0 unspecified atom stereocenters. The molecule has 16 heavy (non-hydrogen) atoms. The van der Waals surface area contributed by atoms with E-state index in [-0.39, 0.29) is 12.5 Å². The van der Waals surface area contributed by atoms with E-state index in [0.29, 0.717) is 5.69 Å². The molecule has 82 valence electrons. The summed E-state index contributed by atoms with van der Waals surface area (Å²) in [5.74, 6) is 0.500. The third kappa shape index (κ3) is 2.23. The second-order valence-corrected chi connectivity index (χ2v) is 3.13. The first kappa shape index (κ1) is 10.3. The lowest BCUT2D eigenvalue weighted by Crippen LogP contribution is -2.21. The van der Waals surface area contributed by atoms with Gasteiger partial charge in [0, 0.05) is 12.4 Å². The fraction of sp³-hybridized carbons (Fsp3) is 0.100. The minimum atomic E-state index is -0.239. The van der Waals surface area contributed by atoms with Crippen molar-refractivity contribution in [1.29, 1.82) is 0 Å². The van der Waals surface area contributed by atoms with Gasteiger partial charge in [-0.15, -0.1) is 0 Å². The maximum atomic E-state index is 11.0. The largest absolute Gasteiger partial charge is 0.324 e. The number of pyridine rings is 1. The van der Waals surface area contributed by atoms with Crippen LogP contribution in [0.3, 0.4) is 0 Å². The van der Waals surface area contributed by atoms with Crippen LogP contribution in [0.4, 0.5) is 5.69 Å². The van der Waals surface area contributed by atoms with E-state index in [2.05, 4.69) is 15.3 Å². The van der Waals surface area contributed by atoms with Gasteiger partial charge >= 0.3 is 0 Å². The number of carbonyl (C=O) groups is 1. The van der Waals surface area contributed by atoms with Gasteiger partial charge in [0.05, 0.1) is 18.4 Å². The summed E-state index contributed by atoms with van der Waals surface area (Å²) in [7, 11) is 0. The summed E-state index contributed by atoms with van der Waals surface area (Å²) in [5, 5.41) is 2.61. The first-order chi connectivity index (χ1) is 7.79. The third-order valence-electron chi connectivity index (χ3n) is 1.99. The Morgan fingerprint density at radius 2 is 2.38 bits per heavy atom. The fourth-order valence-corrected chi connectivity index (χ4v) is 1.22. The van der Waals surface area contributed by atoms with E-state index in [0.717, 1.165) is 5.82 Å². The van der Waals surface area contributed by atoms with Crippen molar-refractivity contribution in [3.8, 4) is 5.82 Å². The van der Waals surface area contributed by atoms with Crippen LogP contribution in [-0.4, -0.2) is 27.0 Å². The summed E-state index contributed by atoms with van der Waals surface area (Å²) in [4.78, 5) is 19.1. The minimum Gasteiger partial charge on any atom is -0.324 e. The lowest BCUT2D eigenvalue weighted by molar-refractivity contribution is -0.114. The van der Waals surface area contributed by atoms with Crippen molar-refractivity contribution in [2.75, 3.05) is 11.9 Å². The molecule has 0 spiro atoms. The van der Waals surface area contributed by atoms with Crippen LogP contribution >= 0.6 is 0 Å². The van der Waals surface area contributed by atoms with Crippen molar-refractivity contribution in [2.45, 2.75) is 0 Å². The maximum absolute atomic E-state index is 11.0. The predicted octanol–water partition coefficient (Wildman–Crippen LogP) is 0.164. The Bertz CT molecular complexity index is 462. The molecule has 2 rings (SSSR count). The van der Waals surface area contributed by atoms with Crippen LogP contribution in [0.1, 0.15) is 0 Å². The Hall–Kier alpha value is -2.21. The molecule has 0 aromatic carbocycles. The molecule has 2 aromatic rings. The van der Waals surface area contributed by atoms with E-state index in [1.807, 2.05) is 0 Å². The van der Waals surface area contributed by atoms with Crippen LogP contribution in [-0.2, 0) is 4.79 Å². The van der Waals surface area contributed by atoms with Crippen LogP contribution in [0, 0.1) is 0 Å². The van der Waals surface area contributed by atoms with E-state index >= 15 is 0 Å². The Kier molecular flexibility index (Phi) is 2.93. The second kappa shape index (κ2) is 4.54. The number of nitrogens with one attached hydrogen (secondary N) is 1. The topological polar surface area (TPSA) is 85.8 Å². The molecule has 6 nitrogen and oxygen atoms in total. The molecule has 6 heteroatoms. The Labute approximate surface area is 92.1 Å². The summed E-state index contributed by atoms with van der Waals surface area (Å²) in [6, 6.07) is 3.55. The smallest absolute Gasteiger partial charge is 0.238 e. The molecule has 0 bridgehead atoms. The van der Waals surface area contributed by atoms with Gasteiger partial charge in [0.15, 0.2) is 0 Å². The van der Waals surface area contributed by atoms with Crippen LogP contribution < -0.4 is 11.1 Å². The molecule has 0 aliphatic carbocycles. The van der Waals surface area contributed by atoms with Crippen molar-refractivity contribution in [3.63, 3.8) is 0 Å². The molecule has 2 aromatic heterocycles. The SMILES string of the molecule is NCC(=O)Nc1ccc(-n2ccnc2)nc1. The van der Waals surface area contributed by atoms with Crippen molar-refractivity contribution in [1.82, 2.24) is 14.5 Å². The molecular formula is C10H11N5O. The van der Waals surface area contributed by atoms with Gasteiger partial charge in [0.2, 0.25) is 5.91 Å². The molecular weight excluding hydrogens is 206 g/mol. The number of imidazole rings is 1. The number of hydrogen-bond acceptors (Lipinski definition) is 4. The monoisotopic (exact) mass is 217 g/mol. The first-order valence-corrected chi connectivity index (χ1v) is 4.74. The molecule has 0 aliphatic heterocycles. The van der Waals surface area contributed by atoms with E-state index in [4.69, 9.17) is 5.73 Å². The number of rotatable bonds is 3. The Morgan fingerprint density at radius 1 is 1.50 bits per heavy atom. The van der Waals surface area contributed by atoms with Gasteiger partial charge in [-0.1, -0.05) is 0 Å². The number of amides is 1. The highest BCUT2D eigenvalue weighted by Gasteiger charge is 2.00. The molecule has 0 aliphatic rings. The normalized spacial score (nSPS) is 10.1. The predicted molar refractivity (Wildman–Crippen MR) is 59.0 cm³/mol. The van der Waals surface area contributed by atoms with Gasteiger partial charge in [-0.2, -0.15) is 0 Å². The molecule has 0 saturated heterocycles. The third-order valence-corrected chi connectivity index (χ3v) is 1.99. The van der Waals surface area contributed by atoms with Crippen LogP contribution in [0.25, 0.3) is 5.82 Å². The van der Waals surface area contributed by atoms with Crippen LogP contribution in [0.2, 0.25) is 0 Å². The van der Waals surface area contributed by atoms with Crippen molar-refractivity contribution in [2.24, 2.45) is 5.73 Å². The van der Waals surface area contributed by atoms with Gasteiger partial charge < -0.3 is 11.1 Å². The lowest BCUT2D eigenvalue weighted by atomic mass is 10.4. The van der Waals surface area contributed by atoms with Crippen molar-refractivity contribution >= 4 is 11.6 Å². The zero-order chi connectivity index (χ0) is 11.4. The Morgan fingerprint density at radius 3 is 2.94 bits per heavy atom. The summed E-state index contributed by atoms with van der Waals surface area (Å²) in [6.07, 6.45) is 6.69. The number of nitrogens with zero attached hydrogens (tertiary/aromatic N) is 3. The van der Waals surface area contributed by atoms with E-state index < -0.39 is 0 Å². The highest BCUT2D eigenvalue weighted by atomic mass is 16.1. The highest BCUT2D eigenvalue weighted by Crippen LogP contribution is 2.08. The highest BCUT2D eigenvalue weighted by molar-refractivity contribution is 5.91. The Balaban J connectivity index is 2.14. The molecule has 0 fully saturated rings. The molecule has 2 heterocycles. The summed E-state index contributed by atoms with van der Waals surface area (Å²) < 4.78 is 1.77. The average Bonchev–Trinajstić information content (AvgIpc) is 2.83. The van der Waals surface area contributed by atoms with Gasteiger partial charge in [0.25, 0.3) is 0 Å². The van der Waals surface area contributed by atoms with Crippen molar-refractivity contribution < 1.29 is 4.79 Å². The zero-order valence-electron chi connectivity index (χ0n) is 8.50. The number of aromatic nitrogens is 3. The van der Waals surface area contributed by atoms with Crippen LogP contribution in [0.15, 0.2) is 37.1 Å². The molecule has 0 radical (unpaired) electrons. The zero-order valence-corrected chi connectivity index (χ0v) is 8.50. The molecule has 0 atom stereocenters. The average molecular weight is 217 g/mol. The van der Waals surface area contributed by atoms with Crippen molar-refractivity contribution in [3.05, 3.63) is 37.1 Å². The quantitative estimate of drug-likeness (QED) is 0.767. The van der Waals surface area contributed by atoms with E-state index in [1.165, 1.54) is 0 Å². The molecule has 0 saturated carbocycles. The molecule has 3 N–H and O–H groups in total. The summed E-state index contributed by atoms with van der Waals surface area (Å²) in [6.45, 7) is -0.0384. The number of anilines is 1. The number of hydrogen-bond donors (Lipinski definition) is 2. The minimum absolute atomic E-state index is 0.0384. The van der Waals surface area contributed by atoms with Crippen LogP contribution in [0.5, 0.6) is 0 Å². The lowest BCUT2D eigenvalue weighted by Gasteiger charge is -2.04. The van der Waals surface area contributed by atoms with E-state index in [1.54, 1.807) is 41.6 Å². The summed E-state index contributed by atoms with van der Waals surface area (Å²) >= 11 is 0. The first-order valence-electron chi connectivity index (χ1n) is 4.74. The summed E-state index contributed by atoms with van der Waals surface area (Å²) in [5.41, 5.74) is 5.81.